The van der Waals surface area contributed by atoms with Crippen LogP contribution in [0.1, 0.15) is 69.1 Å². The molecule has 0 aliphatic carbocycles. The number of hydrogen-bond donors (Lipinski definition) is 4. The molecule has 0 spiro atoms. The Morgan fingerprint density at radius 1 is 0.720 bits per heavy atom. The summed E-state index contributed by atoms with van der Waals surface area (Å²) in [5.41, 5.74) is 1.95. The molecule has 0 saturated heterocycles. The van der Waals surface area contributed by atoms with Crippen LogP contribution >= 0.6 is 7.92 Å². The van der Waals surface area contributed by atoms with Crippen LogP contribution < -0.4 is 35.4 Å². The number of hydrogen-bond acceptors (Lipinski definition) is 8. The molecule has 0 aliphatic rings. The Morgan fingerprint density at radius 3 is 1.82 bits per heavy atom. The van der Waals surface area contributed by atoms with Crippen LogP contribution in [0.25, 0.3) is 0 Å². The van der Waals surface area contributed by atoms with Gasteiger partial charge in [0, 0.05) is 32.0 Å². The SMILES string of the molecule is COc1ccc(C(OCCCCNC(=O)CNC(=O)CNC(=O)CCCCC=[P+]([O-])NC(C)C)(c2ccccc2)c2ccc(OC)cc2)cc1. The minimum Gasteiger partial charge on any atom is -0.614 e. The Bertz CT molecular complexity index is 1450. The summed E-state index contributed by atoms with van der Waals surface area (Å²) in [4.78, 5) is 48.3. The van der Waals surface area contributed by atoms with Gasteiger partial charge in [0.1, 0.15) is 30.8 Å². The van der Waals surface area contributed by atoms with E-state index in [0.29, 0.717) is 38.8 Å². The lowest BCUT2D eigenvalue weighted by molar-refractivity contribution is -0.155. The third kappa shape index (κ3) is 13.2. The third-order valence-electron chi connectivity index (χ3n) is 7.82. The largest absolute Gasteiger partial charge is 0.614 e. The lowest BCUT2D eigenvalue weighted by Crippen LogP contribution is -2.42. The highest BCUT2D eigenvalue weighted by Crippen LogP contribution is 2.41. The van der Waals surface area contributed by atoms with Crippen LogP contribution in [-0.4, -0.2) is 70.0 Å². The average molecular weight is 707 g/mol. The molecule has 270 valence electrons. The van der Waals surface area contributed by atoms with Crippen molar-refractivity contribution in [3.8, 4) is 11.5 Å². The molecule has 11 nitrogen and oxygen atoms in total. The summed E-state index contributed by atoms with van der Waals surface area (Å²) < 4.78 is 17.6. The van der Waals surface area contributed by atoms with E-state index in [0.717, 1.165) is 34.6 Å². The van der Waals surface area contributed by atoms with Crippen LogP contribution in [0.4, 0.5) is 0 Å². The number of amides is 3. The highest BCUT2D eigenvalue weighted by atomic mass is 31.1. The lowest BCUT2D eigenvalue weighted by Gasteiger charge is -2.36. The van der Waals surface area contributed by atoms with Gasteiger partial charge in [0.25, 0.3) is 0 Å². The van der Waals surface area contributed by atoms with Crippen LogP contribution in [0, 0.1) is 0 Å². The van der Waals surface area contributed by atoms with Crippen molar-refractivity contribution in [2.24, 2.45) is 0 Å². The Labute approximate surface area is 297 Å². The summed E-state index contributed by atoms with van der Waals surface area (Å²) in [6, 6.07) is 25.9. The molecule has 1 atom stereocenters. The second kappa shape index (κ2) is 21.7. The standard InChI is InChI=1S/C38H51N4O7P/c1-29(2)42-50(46)26-12-6-9-15-35(43)40-28-37(45)41-27-36(44)39-24-10-11-25-49-38(30-13-7-5-8-14-30,31-16-20-33(47-3)21-17-31)32-18-22-34(48-4)23-19-32/h5,7-8,13-14,16-23,26,29,42H,6,9-12,15,24-25,27-28H2,1-4H3,(H,39,44)(H,40,43)(H,41,45). The van der Waals surface area contributed by atoms with Gasteiger partial charge in [-0.15, -0.1) is 5.09 Å². The van der Waals surface area contributed by atoms with Gasteiger partial charge in [-0.05, 0) is 80.5 Å². The van der Waals surface area contributed by atoms with Crippen LogP contribution in [0.15, 0.2) is 78.9 Å². The second-order valence-corrected chi connectivity index (χ2v) is 13.3. The number of nitrogens with one attached hydrogen (secondary N) is 4. The maximum atomic E-state index is 12.4. The van der Waals surface area contributed by atoms with Crippen molar-refractivity contribution in [1.29, 1.82) is 0 Å². The van der Waals surface area contributed by atoms with Crippen molar-refractivity contribution in [3.63, 3.8) is 0 Å². The van der Waals surface area contributed by atoms with Gasteiger partial charge in [0.05, 0.1) is 27.3 Å². The van der Waals surface area contributed by atoms with Gasteiger partial charge in [-0.2, -0.15) is 0 Å². The molecule has 12 heteroatoms. The van der Waals surface area contributed by atoms with Crippen LogP contribution in [-0.2, 0) is 24.7 Å². The van der Waals surface area contributed by atoms with Crippen molar-refractivity contribution in [1.82, 2.24) is 21.0 Å². The van der Waals surface area contributed by atoms with Crippen LogP contribution in [0.3, 0.4) is 0 Å². The molecule has 0 radical (unpaired) electrons. The molecule has 3 aromatic rings. The first kappa shape index (κ1) is 40.2. The molecule has 3 rings (SSSR count). The summed E-state index contributed by atoms with van der Waals surface area (Å²) in [5.74, 6) is 2.21. The van der Waals surface area contributed by atoms with Crippen molar-refractivity contribution < 1.29 is 33.5 Å². The van der Waals surface area contributed by atoms with E-state index in [2.05, 4.69) is 21.0 Å². The van der Waals surface area contributed by atoms with E-state index < -0.39 is 19.4 Å². The van der Waals surface area contributed by atoms with Gasteiger partial charge >= 0.3 is 0 Å². The zero-order valence-electron chi connectivity index (χ0n) is 29.5. The van der Waals surface area contributed by atoms with Crippen LogP contribution in [0.5, 0.6) is 11.5 Å². The van der Waals surface area contributed by atoms with E-state index in [1.54, 1.807) is 20.0 Å². The molecule has 3 aromatic carbocycles. The quantitative estimate of drug-likeness (QED) is 0.0691. The van der Waals surface area contributed by atoms with E-state index in [-0.39, 0.29) is 37.4 Å². The molecule has 0 fully saturated rings. The van der Waals surface area contributed by atoms with Gasteiger partial charge in [-0.1, -0.05) is 54.6 Å². The molecule has 0 bridgehead atoms. The predicted molar refractivity (Wildman–Crippen MR) is 196 cm³/mol. The first-order chi connectivity index (χ1) is 24.2. The molecular weight excluding hydrogens is 655 g/mol. The minimum atomic E-state index is -1.54. The maximum absolute atomic E-state index is 12.4. The molecule has 0 aromatic heterocycles. The smallest absolute Gasteiger partial charge is 0.239 e. The number of carbonyl (C=O) groups excluding carboxylic acids is 3. The topological polar surface area (TPSA) is 150 Å². The van der Waals surface area contributed by atoms with E-state index in [9.17, 15) is 19.3 Å². The minimum absolute atomic E-state index is 0.147. The first-order valence-electron chi connectivity index (χ1n) is 17.0. The van der Waals surface area contributed by atoms with E-state index >= 15 is 0 Å². The van der Waals surface area contributed by atoms with E-state index in [4.69, 9.17) is 14.2 Å². The summed E-state index contributed by atoms with van der Waals surface area (Å²) in [7, 11) is 1.73. The van der Waals surface area contributed by atoms with E-state index in [1.165, 1.54) is 0 Å². The molecule has 0 heterocycles. The van der Waals surface area contributed by atoms with Crippen molar-refractivity contribution in [2.75, 3.05) is 40.5 Å². The Kier molecular flexibility index (Phi) is 17.4. The molecule has 0 saturated carbocycles. The van der Waals surface area contributed by atoms with Gasteiger partial charge in [-0.25, -0.2) is 0 Å². The molecule has 0 aliphatic heterocycles. The lowest BCUT2D eigenvalue weighted by atomic mass is 9.80. The highest BCUT2D eigenvalue weighted by Gasteiger charge is 2.37. The number of unbranched alkanes of at least 4 members (excludes halogenated alkanes) is 3. The molecule has 1 unspecified atom stereocenters. The zero-order valence-corrected chi connectivity index (χ0v) is 30.4. The fourth-order valence-corrected chi connectivity index (χ4v) is 6.30. The number of rotatable bonds is 22. The van der Waals surface area contributed by atoms with Crippen molar-refractivity contribution >= 4 is 31.4 Å². The number of carbonyl (C=O) groups is 3. The Morgan fingerprint density at radius 2 is 1.26 bits per heavy atom. The summed E-state index contributed by atoms with van der Waals surface area (Å²) in [6.07, 6.45) is 3.60. The van der Waals surface area contributed by atoms with Crippen molar-refractivity contribution in [2.45, 2.75) is 64.0 Å². The maximum Gasteiger partial charge on any atom is 0.239 e. The molecule has 50 heavy (non-hydrogen) atoms. The summed E-state index contributed by atoms with van der Waals surface area (Å²) >= 11 is 0. The average Bonchev–Trinajstić information content (AvgIpc) is 3.13. The normalized spacial score (nSPS) is 11.6. The Balaban J connectivity index is 1.44. The van der Waals surface area contributed by atoms with Gasteiger partial charge < -0.3 is 35.1 Å². The highest BCUT2D eigenvalue weighted by molar-refractivity contribution is 7.47. The van der Waals surface area contributed by atoms with Crippen molar-refractivity contribution in [3.05, 3.63) is 95.6 Å². The number of ether oxygens (including phenoxy) is 3. The van der Waals surface area contributed by atoms with Gasteiger partial charge in [0.15, 0.2) is 0 Å². The fourth-order valence-electron chi connectivity index (χ4n) is 5.27. The van der Waals surface area contributed by atoms with E-state index in [1.807, 2.05) is 92.7 Å². The zero-order chi connectivity index (χ0) is 36.2. The predicted octanol–water partition coefficient (Wildman–Crippen LogP) is 4.17. The molecule has 4 N–H and O–H groups in total. The third-order valence-corrected chi connectivity index (χ3v) is 9.18. The molecule has 3 amide bonds. The summed E-state index contributed by atoms with van der Waals surface area (Å²) in [6.45, 7) is 4.29. The summed E-state index contributed by atoms with van der Waals surface area (Å²) in [5, 5.41) is 10.9. The molecular formula is C38H51N4O7P. The first-order valence-corrected chi connectivity index (χ1v) is 18.3. The fraction of sp³-hybridized carbons (Fsp3) is 0.421. The number of benzene rings is 3. The monoisotopic (exact) mass is 706 g/mol. The Hall–Kier alpha value is -4.28. The van der Waals surface area contributed by atoms with Gasteiger partial charge in [-0.3, -0.25) is 14.4 Å². The number of methoxy groups -OCH3 is 2. The second-order valence-electron chi connectivity index (χ2n) is 12.0. The van der Waals surface area contributed by atoms with Gasteiger partial charge in [0.2, 0.25) is 17.7 Å². The van der Waals surface area contributed by atoms with Crippen LogP contribution in [0.2, 0.25) is 0 Å².